The van der Waals surface area contributed by atoms with Crippen LogP contribution in [0.5, 0.6) is 0 Å². The molecule has 1 atom stereocenters. The molecule has 0 unspecified atom stereocenters. The molecule has 3 rings (SSSR count). The lowest BCUT2D eigenvalue weighted by atomic mass is 10.1. The Morgan fingerprint density at radius 1 is 1.47 bits per heavy atom. The molecular formula is C15H19ClN2O. The number of rotatable bonds is 4. The summed E-state index contributed by atoms with van der Waals surface area (Å²) in [6.07, 6.45) is 2.14. The topological polar surface area (TPSA) is 37.0 Å². The summed E-state index contributed by atoms with van der Waals surface area (Å²) < 4.78 is 5.37. The van der Waals surface area contributed by atoms with E-state index in [2.05, 4.69) is 23.3 Å². The number of fused-ring (bicyclic) bond motifs is 1. The smallest absolute Gasteiger partial charge is 0.0620 e. The minimum Gasteiger partial charge on any atom is -0.380 e. The van der Waals surface area contributed by atoms with Crippen molar-refractivity contribution in [2.45, 2.75) is 25.8 Å². The largest absolute Gasteiger partial charge is 0.380 e. The van der Waals surface area contributed by atoms with Gasteiger partial charge in [-0.25, -0.2) is 0 Å². The van der Waals surface area contributed by atoms with Crippen LogP contribution in [0.1, 0.15) is 17.7 Å². The van der Waals surface area contributed by atoms with Gasteiger partial charge >= 0.3 is 0 Å². The number of H-pyrrole nitrogens is 1. The summed E-state index contributed by atoms with van der Waals surface area (Å²) in [6, 6.07) is 6.55. The monoisotopic (exact) mass is 278 g/mol. The first-order chi connectivity index (χ1) is 9.24. The molecule has 0 radical (unpaired) electrons. The van der Waals surface area contributed by atoms with Gasteiger partial charge in [0.2, 0.25) is 0 Å². The highest BCUT2D eigenvalue weighted by molar-refractivity contribution is 6.31. The van der Waals surface area contributed by atoms with Gasteiger partial charge in [0.25, 0.3) is 0 Å². The zero-order valence-corrected chi connectivity index (χ0v) is 11.9. The number of aromatic nitrogens is 1. The molecule has 1 aromatic heterocycles. The summed E-state index contributed by atoms with van der Waals surface area (Å²) in [5.41, 5.74) is 3.77. The molecule has 0 aliphatic carbocycles. The lowest BCUT2D eigenvalue weighted by Crippen LogP contribution is -2.30. The molecule has 1 aromatic carbocycles. The van der Waals surface area contributed by atoms with Gasteiger partial charge in [0, 0.05) is 34.3 Å². The maximum atomic E-state index is 6.09. The molecule has 0 spiro atoms. The van der Waals surface area contributed by atoms with E-state index in [4.69, 9.17) is 16.3 Å². The Kier molecular flexibility index (Phi) is 3.78. The predicted molar refractivity (Wildman–Crippen MR) is 79.0 cm³/mol. The quantitative estimate of drug-likeness (QED) is 0.902. The van der Waals surface area contributed by atoms with Crippen molar-refractivity contribution in [1.82, 2.24) is 10.3 Å². The van der Waals surface area contributed by atoms with E-state index in [0.29, 0.717) is 6.04 Å². The lowest BCUT2D eigenvalue weighted by molar-refractivity contribution is 0.190. The van der Waals surface area contributed by atoms with E-state index in [1.807, 2.05) is 12.1 Å². The number of aryl methyl sites for hydroxylation is 1. The van der Waals surface area contributed by atoms with Crippen molar-refractivity contribution in [3.8, 4) is 0 Å². The number of hydrogen-bond acceptors (Lipinski definition) is 2. The van der Waals surface area contributed by atoms with E-state index in [0.717, 1.165) is 37.6 Å². The van der Waals surface area contributed by atoms with Gasteiger partial charge in [-0.05, 0) is 50.1 Å². The van der Waals surface area contributed by atoms with Gasteiger partial charge in [-0.2, -0.15) is 0 Å². The molecule has 3 nitrogen and oxygen atoms in total. The number of ether oxygens (including phenoxy) is 1. The Balaban J connectivity index is 1.72. The normalized spacial score (nSPS) is 19.4. The second kappa shape index (κ2) is 5.53. The molecule has 1 aliphatic heterocycles. The molecular weight excluding hydrogens is 260 g/mol. The standard InChI is InChI=1S/C15H19ClN2O/c1-10-13(4-6-17-12-5-7-19-9-12)14-8-11(16)2-3-15(14)18-10/h2-3,8,12,17-18H,4-7,9H2,1H3/t12-/m0/s1. The van der Waals surface area contributed by atoms with Crippen LogP contribution in [0.4, 0.5) is 0 Å². The molecule has 2 N–H and O–H groups in total. The number of nitrogens with one attached hydrogen (secondary N) is 2. The average Bonchev–Trinajstić information content (AvgIpc) is 2.99. The van der Waals surface area contributed by atoms with Crippen molar-refractivity contribution in [2.24, 2.45) is 0 Å². The first kappa shape index (κ1) is 13.0. The van der Waals surface area contributed by atoms with Crippen molar-refractivity contribution >= 4 is 22.5 Å². The fraction of sp³-hybridized carbons (Fsp3) is 0.467. The highest BCUT2D eigenvalue weighted by Gasteiger charge is 2.15. The van der Waals surface area contributed by atoms with Crippen LogP contribution < -0.4 is 5.32 Å². The molecule has 1 saturated heterocycles. The second-order valence-electron chi connectivity index (χ2n) is 5.18. The zero-order valence-electron chi connectivity index (χ0n) is 11.1. The molecule has 4 heteroatoms. The van der Waals surface area contributed by atoms with Crippen molar-refractivity contribution in [2.75, 3.05) is 19.8 Å². The number of benzene rings is 1. The molecule has 19 heavy (non-hydrogen) atoms. The highest BCUT2D eigenvalue weighted by atomic mass is 35.5. The van der Waals surface area contributed by atoms with E-state index in [1.165, 1.54) is 22.2 Å². The van der Waals surface area contributed by atoms with Gasteiger partial charge in [-0.1, -0.05) is 11.6 Å². The first-order valence-electron chi connectivity index (χ1n) is 6.82. The molecule has 0 bridgehead atoms. The van der Waals surface area contributed by atoms with Gasteiger partial charge in [-0.15, -0.1) is 0 Å². The van der Waals surface area contributed by atoms with E-state index in [1.54, 1.807) is 0 Å². The second-order valence-corrected chi connectivity index (χ2v) is 5.62. The summed E-state index contributed by atoms with van der Waals surface area (Å²) in [7, 11) is 0. The molecule has 0 saturated carbocycles. The van der Waals surface area contributed by atoms with E-state index >= 15 is 0 Å². The Bertz CT molecular complexity index is 573. The van der Waals surface area contributed by atoms with Crippen molar-refractivity contribution in [3.63, 3.8) is 0 Å². The van der Waals surface area contributed by atoms with Crippen molar-refractivity contribution in [3.05, 3.63) is 34.5 Å². The van der Waals surface area contributed by atoms with E-state index in [9.17, 15) is 0 Å². The SMILES string of the molecule is Cc1[nH]c2ccc(Cl)cc2c1CCN[C@H]1CCOC1. The molecule has 0 amide bonds. The van der Waals surface area contributed by atoms with Gasteiger partial charge in [-0.3, -0.25) is 0 Å². The predicted octanol–water partition coefficient (Wildman–Crippen LogP) is 3.05. The minimum atomic E-state index is 0.522. The van der Waals surface area contributed by atoms with Crippen LogP contribution >= 0.6 is 11.6 Å². The summed E-state index contributed by atoms with van der Waals surface area (Å²) in [6.45, 7) is 4.84. The molecule has 1 aliphatic rings. The highest BCUT2D eigenvalue weighted by Crippen LogP contribution is 2.25. The summed E-state index contributed by atoms with van der Waals surface area (Å²) in [5.74, 6) is 0. The third-order valence-corrected chi connectivity index (χ3v) is 4.05. The Morgan fingerprint density at radius 3 is 3.16 bits per heavy atom. The van der Waals surface area contributed by atoms with Gasteiger partial charge < -0.3 is 15.0 Å². The Labute approximate surface area is 118 Å². The third kappa shape index (κ3) is 2.78. The zero-order chi connectivity index (χ0) is 13.2. The maximum Gasteiger partial charge on any atom is 0.0620 e. The molecule has 102 valence electrons. The van der Waals surface area contributed by atoms with Crippen LogP contribution in [-0.2, 0) is 11.2 Å². The summed E-state index contributed by atoms with van der Waals surface area (Å²) >= 11 is 6.09. The van der Waals surface area contributed by atoms with Crippen molar-refractivity contribution in [1.29, 1.82) is 0 Å². The molecule has 2 heterocycles. The van der Waals surface area contributed by atoms with Crippen LogP contribution in [0.3, 0.4) is 0 Å². The van der Waals surface area contributed by atoms with Crippen LogP contribution in [-0.4, -0.2) is 30.8 Å². The third-order valence-electron chi connectivity index (χ3n) is 3.82. The average molecular weight is 279 g/mol. The number of halogens is 1. The summed E-state index contributed by atoms with van der Waals surface area (Å²) in [5, 5.41) is 5.60. The number of hydrogen-bond donors (Lipinski definition) is 2. The number of aromatic amines is 1. The lowest BCUT2D eigenvalue weighted by Gasteiger charge is -2.10. The van der Waals surface area contributed by atoms with E-state index < -0.39 is 0 Å². The van der Waals surface area contributed by atoms with Crippen LogP contribution in [0.15, 0.2) is 18.2 Å². The fourth-order valence-corrected chi connectivity index (χ4v) is 2.95. The van der Waals surface area contributed by atoms with E-state index in [-0.39, 0.29) is 0 Å². The van der Waals surface area contributed by atoms with Crippen LogP contribution in [0, 0.1) is 6.92 Å². The molecule has 1 fully saturated rings. The Morgan fingerprint density at radius 2 is 2.37 bits per heavy atom. The van der Waals surface area contributed by atoms with Gasteiger partial charge in [0.05, 0.1) is 6.61 Å². The minimum absolute atomic E-state index is 0.522. The van der Waals surface area contributed by atoms with Crippen LogP contribution in [0.2, 0.25) is 5.02 Å². The van der Waals surface area contributed by atoms with Crippen molar-refractivity contribution < 1.29 is 4.74 Å². The molecule has 2 aromatic rings. The van der Waals surface area contributed by atoms with Gasteiger partial charge in [0.15, 0.2) is 0 Å². The maximum absolute atomic E-state index is 6.09. The fourth-order valence-electron chi connectivity index (χ4n) is 2.77. The Hall–Kier alpha value is -1.03. The van der Waals surface area contributed by atoms with Gasteiger partial charge in [0.1, 0.15) is 0 Å². The first-order valence-corrected chi connectivity index (χ1v) is 7.19. The van der Waals surface area contributed by atoms with Crippen LogP contribution in [0.25, 0.3) is 10.9 Å². The summed E-state index contributed by atoms with van der Waals surface area (Å²) in [4.78, 5) is 3.42.